The van der Waals surface area contributed by atoms with Gasteiger partial charge in [0.1, 0.15) is 11.8 Å². The van der Waals surface area contributed by atoms with Gasteiger partial charge in [0, 0.05) is 57.1 Å². The zero-order valence-electron chi connectivity index (χ0n) is 27.1. The van der Waals surface area contributed by atoms with Crippen molar-refractivity contribution in [1.82, 2.24) is 9.80 Å². The molecule has 2 N–H and O–H groups in total. The van der Waals surface area contributed by atoms with Gasteiger partial charge in [0.15, 0.2) is 5.78 Å². The second-order valence-electron chi connectivity index (χ2n) is 12.7. The summed E-state index contributed by atoms with van der Waals surface area (Å²) in [5.74, 6) is -4.68. The van der Waals surface area contributed by atoms with Crippen LogP contribution < -0.4 is 5.32 Å². The highest BCUT2D eigenvalue weighted by Crippen LogP contribution is 2.44. The van der Waals surface area contributed by atoms with Crippen LogP contribution in [0.25, 0.3) is 11.0 Å². The van der Waals surface area contributed by atoms with Crippen molar-refractivity contribution in [3.05, 3.63) is 63.8 Å². The van der Waals surface area contributed by atoms with Gasteiger partial charge in [-0.1, -0.05) is 41.4 Å². The maximum atomic E-state index is 15.0. The largest absolute Gasteiger partial charge is 0.481 e. The van der Waals surface area contributed by atoms with Crippen molar-refractivity contribution in [2.75, 3.05) is 39.2 Å². The fourth-order valence-corrected chi connectivity index (χ4v) is 7.95. The van der Waals surface area contributed by atoms with E-state index in [1.807, 2.05) is 17.0 Å². The van der Waals surface area contributed by atoms with Gasteiger partial charge in [-0.25, -0.2) is 4.90 Å². The number of ether oxygens (including phenoxy) is 3. The normalized spacial score (nSPS) is 22.9. The number of methoxy groups -OCH3 is 2. The summed E-state index contributed by atoms with van der Waals surface area (Å²) in [6.07, 6.45) is 5.88. The number of carbonyl (C=O) groups is 3. The lowest BCUT2D eigenvalue weighted by Crippen LogP contribution is -2.72. The van der Waals surface area contributed by atoms with Crippen LogP contribution in [0.4, 0.5) is 5.69 Å². The average Bonchev–Trinajstić information content (AvgIpc) is 3.87. The summed E-state index contributed by atoms with van der Waals surface area (Å²) < 4.78 is 24.5. The first-order valence-electron chi connectivity index (χ1n) is 16.4. The van der Waals surface area contributed by atoms with Crippen molar-refractivity contribution in [2.24, 2.45) is 5.92 Å². The van der Waals surface area contributed by atoms with Crippen molar-refractivity contribution in [2.45, 2.75) is 75.7 Å². The van der Waals surface area contributed by atoms with Crippen molar-refractivity contribution in [3.63, 3.8) is 0 Å². The minimum Gasteiger partial charge on any atom is -0.481 e. The highest BCUT2D eigenvalue weighted by atomic mass is 35.5. The summed E-state index contributed by atoms with van der Waals surface area (Å²) in [7, 11) is 3.13. The summed E-state index contributed by atoms with van der Waals surface area (Å²) in [6.45, 7) is 1.73. The second kappa shape index (κ2) is 14.4. The molecule has 13 heteroatoms. The number of aliphatic carboxylic acids is 1. The van der Waals surface area contributed by atoms with E-state index in [4.69, 9.17) is 41.8 Å². The number of benzene rings is 2. The first kappa shape index (κ1) is 34.8. The van der Waals surface area contributed by atoms with Gasteiger partial charge in [0.05, 0.1) is 28.3 Å². The lowest BCUT2D eigenvalue weighted by Gasteiger charge is -2.52. The Labute approximate surface area is 289 Å². The van der Waals surface area contributed by atoms with E-state index in [1.165, 1.54) is 6.26 Å². The van der Waals surface area contributed by atoms with E-state index < -0.39 is 29.6 Å². The molecule has 2 aliphatic heterocycles. The van der Waals surface area contributed by atoms with E-state index in [1.54, 1.807) is 38.5 Å². The number of rotatable bonds is 12. The molecule has 1 atom stereocenters. The van der Waals surface area contributed by atoms with Crippen LogP contribution in [0.1, 0.15) is 67.3 Å². The van der Waals surface area contributed by atoms with Gasteiger partial charge >= 0.3 is 5.97 Å². The SMILES string of the molecule is COC1(OC)CCCN1C(OC1CCC(C(=O)O)CC1)(C(=O)Cc1cc(Cl)c(NC(=O)c2coc3ccccc23)cc1Cl)N1CCCC1. The van der Waals surface area contributed by atoms with Gasteiger partial charge in [-0.15, -0.1) is 0 Å². The predicted octanol–water partition coefficient (Wildman–Crippen LogP) is 6.56. The van der Waals surface area contributed by atoms with Crippen LogP contribution >= 0.6 is 23.2 Å². The molecule has 11 nitrogen and oxygen atoms in total. The van der Waals surface area contributed by atoms with Crippen LogP contribution in [0, 0.1) is 5.92 Å². The Kier molecular flexibility index (Phi) is 10.5. The summed E-state index contributed by atoms with van der Waals surface area (Å²) in [5.41, 5.74) is 1.71. The number of fused-ring (bicyclic) bond motifs is 1. The maximum Gasteiger partial charge on any atom is 0.306 e. The Balaban J connectivity index is 1.32. The van der Waals surface area contributed by atoms with Crippen LogP contribution in [0.15, 0.2) is 47.1 Å². The lowest BCUT2D eigenvalue weighted by molar-refractivity contribution is -0.364. The Morgan fingerprint density at radius 2 is 1.71 bits per heavy atom. The van der Waals surface area contributed by atoms with Crippen LogP contribution in [0.2, 0.25) is 10.0 Å². The number of anilines is 1. The van der Waals surface area contributed by atoms with E-state index >= 15 is 0 Å². The Morgan fingerprint density at radius 1 is 1.00 bits per heavy atom. The highest BCUT2D eigenvalue weighted by Gasteiger charge is 2.61. The van der Waals surface area contributed by atoms with Crippen molar-refractivity contribution >= 4 is 57.5 Å². The number of Topliss-reactive ketones (excluding diaryl/α,β-unsaturated/α-hetero) is 1. The highest BCUT2D eigenvalue weighted by molar-refractivity contribution is 6.36. The van der Waals surface area contributed by atoms with Gasteiger partial charge in [0.2, 0.25) is 11.8 Å². The third-order valence-electron chi connectivity index (χ3n) is 10.0. The number of furan rings is 1. The number of carbonyl (C=O) groups excluding carboxylic acids is 2. The number of carboxylic acids is 1. The molecule has 2 saturated heterocycles. The van der Waals surface area contributed by atoms with E-state index in [0.717, 1.165) is 12.8 Å². The number of ketones is 1. The summed E-state index contributed by atoms with van der Waals surface area (Å²) in [4.78, 5) is 43.8. The minimum absolute atomic E-state index is 0.125. The van der Waals surface area contributed by atoms with Gasteiger partial charge in [0.25, 0.3) is 5.91 Å². The number of carboxylic acid groups (broad SMARTS) is 1. The number of likely N-dealkylation sites (tertiary alicyclic amines) is 2. The lowest BCUT2D eigenvalue weighted by atomic mass is 9.87. The average molecular weight is 703 g/mol. The number of nitrogens with zero attached hydrogens (tertiary/aromatic N) is 2. The molecule has 1 aliphatic carbocycles. The Hall–Kier alpha value is -3.03. The molecule has 258 valence electrons. The van der Waals surface area contributed by atoms with Crippen molar-refractivity contribution in [3.8, 4) is 0 Å². The molecule has 48 heavy (non-hydrogen) atoms. The number of nitrogens with one attached hydrogen (secondary N) is 1. The van der Waals surface area contributed by atoms with E-state index in [2.05, 4.69) is 10.2 Å². The molecule has 1 unspecified atom stereocenters. The molecular weight excluding hydrogens is 661 g/mol. The summed E-state index contributed by atoms with van der Waals surface area (Å²) in [6, 6.07) is 10.4. The molecule has 3 aliphatic rings. The van der Waals surface area contributed by atoms with Gasteiger partial charge in [-0.3, -0.25) is 19.3 Å². The standard InChI is InChI=1S/C35H41Cl2N3O8/c1-45-34(46-2)14-7-17-40(34)35(39-15-5-6-16-39,48-24-12-10-22(11-13-24)33(43)44)31(41)19-23-18-28(37)29(20-27(23)36)38-32(42)26-21-47-30-9-4-3-8-25(26)30/h3-4,8-9,18,20-22,24H,5-7,10-17,19H2,1-2H3,(H,38,42)(H,43,44). The third kappa shape index (κ3) is 6.49. The van der Waals surface area contributed by atoms with Crippen molar-refractivity contribution < 1.29 is 38.1 Å². The summed E-state index contributed by atoms with van der Waals surface area (Å²) in [5, 5.41) is 13.6. The van der Waals surface area contributed by atoms with E-state index in [0.29, 0.717) is 85.9 Å². The fourth-order valence-electron chi connectivity index (χ4n) is 7.49. The zero-order chi connectivity index (χ0) is 34.1. The van der Waals surface area contributed by atoms with Crippen LogP contribution in [0.3, 0.4) is 0 Å². The summed E-state index contributed by atoms with van der Waals surface area (Å²) >= 11 is 13.5. The Bertz CT molecular complexity index is 1660. The molecule has 0 radical (unpaired) electrons. The van der Waals surface area contributed by atoms with Gasteiger partial charge in [-0.2, -0.15) is 0 Å². The molecule has 2 aromatic carbocycles. The quantitative estimate of drug-likeness (QED) is 0.200. The van der Waals surface area contributed by atoms with Crippen molar-refractivity contribution in [1.29, 1.82) is 0 Å². The zero-order valence-corrected chi connectivity index (χ0v) is 28.6. The molecule has 1 amide bonds. The van der Waals surface area contributed by atoms with E-state index in [-0.39, 0.29) is 28.4 Å². The molecule has 3 fully saturated rings. The second-order valence-corrected chi connectivity index (χ2v) is 13.5. The minimum atomic E-state index is -1.56. The first-order chi connectivity index (χ1) is 23.1. The molecule has 0 spiro atoms. The third-order valence-corrected chi connectivity index (χ3v) is 10.7. The molecular formula is C35H41Cl2N3O8. The van der Waals surface area contributed by atoms with Crippen LogP contribution in [0.5, 0.6) is 0 Å². The molecule has 1 aromatic heterocycles. The van der Waals surface area contributed by atoms with Crippen LogP contribution in [-0.2, 0) is 30.2 Å². The Morgan fingerprint density at radius 3 is 2.40 bits per heavy atom. The number of hydrogen-bond donors (Lipinski definition) is 2. The molecule has 3 aromatic rings. The van der Waals surface area contributed by atoms with Gasteiger partial charge in [-0.05, 0) is 68.7 Å². The first-order valence-corrected chi connectivity index (χ1v) is 17.2. The monoisotopic (exact) mass is 701 g/mol. The van der Waals surface area contributed by atoms with Crippen LogP contribution in [-0.4, -0.2) is 84.3 Å². The number of para-hydroxylation sites is 1. The molecule has 0 bridgehead atoms. The number of amides is 1. The maximum absolute atomic E-state index is 15.0. The molecule has 6 rings (SSSR count). The number of hydrogen-bond acceptors (Lipinski definition) is 9. The van der Waals surface area contributed by atoms with E-state index in [9.17, 15) is 19.5 Å². The smallest absolute Gasteiger partial charge is 0.306 e. The molecule has 1 saturated carbocycles. The molecule has 3 heterocycles. The topological polar surface area (TPSA) is 131 Å². The van der Waals surface area contributed by atoms with Gasteiger partial charge < -0.3 is 29.1 Å². The number of halogens is 2. The fraction of sp³-hybridized carbons (Fsp3) is 0.514. The predicted molar refractivity (Wildman–Crippen MR) is 180 cm³/mol.